The van der Waals surface area contributed by atoms with E-state index in [2.05, 4.69) is 10.2 Å². The maximum absolute atomic E-state index is 12.8. The lowest BCUT2D eigenvalue weighted by molar-refractivity contribution is -0.114. The number of carbonyl (C=O) groups is 1. The van der Waals surface area contributed by atoms with Crippen molar-refractivity contribution in [3.63, 3.8) is 0 Å². The molecule has 0 unspecified atom stereocenters. The van der Waals surface area contributed by atoms with Crippen molar-refractivity contribution in [3.8, 4) is 0 Å². The second kappa shape index (κ2) is 8.41. The minimum Gasteiger partial charge on any atom is -0.370 e. The van der Waals surface area contributed by atoms with Crippen LogP contribution in [0.25, 0.3) is 0 Å². The molecule has 3 rings (SSSR count). The van der Waals surface area contributed by atoms with Gasteiger partial charge in [-0.2, -0.15) is 0 Å². The summed E-state index contributed by atoms with van der Waals surface area (Å²) in [5.41, 5.74) is 2.77. The standard InChI is InChI=1S/C20H24ClN3O3S/c1-15-7-3-4-8-18(15)24(28(2,26)27)14-20(25)22-17-13-16(21)9-10-19(17)23-11-5-6-12-23/h3-4,7-10,13H,5-6,11-12,14H2,1-2H3,(H,22,25). The minimum atomic E-state index is -3.63. The normalized spacial score (nSPS) is 14.2. The van der Waals surface area contributed by atoms with Crippen LogP contribution in [0, 0.1) is 6.92 Å². The van der Waals surface area contributed by atoms with Crippen LogP contribution in [0.5, 0.6) is 0 Å². The summed E-state index contributed by atoms with van der Waals surface area (Å²) < 4.78 is 25.8. The number of nitrogens with zero attached hydrogens (tertiary/aromatic N) is 2. The van der Waals surface area contributed by atoms with E-state index in [9.17, 15) is 13.2 Å². The third-order valence-corrected chi connectivity index (χ3v) is 6.11. The molecule has 1 amide bonds. The number of benzene rings is 2. The van der Waals surface area contributed by atoms with Gasteiger partial charge in [0.25, 0.3) is 0 Å². The molecule has 1 heterocycles. The summed E-state index contributed by atoms with van der Waals surface area (Å²) >= 11 is 6.13. The van der Waals surface area contributed by atoms with Crippen molar-refractivity contribution in [1.29, 1.82) is 0 Å². The van der Waals surface area contributed by atoms with Gasteiger partial charge in [0.15, 0.2) is 0 Å². The molecule has 0 atom stereocenters. The van der Waals surface area contributed by atoms with E-state index in [4.69, 9.17) is 11.6 Å². The first-order chi connectivity index (χ1) is 13.3. The van der Waals surface area contributed by atoms with Crippen LogP contribution < -0.4 is 14.5 Å². The summed E-state index contributed by atoms with van der Waals surface area (Å²) in [4.78, 5) is 14.9. The Labute approximate surface area is 171 Å². The Morgan fingerprint density at radius 3 is 2.50 bits per heavy atom. The van der Waals surface area contributed by atoms with Crippen molar-refractivity contribution in [1.82, 2.24) is 0 Å². The molecule has 1 N–H and O–H groups in total. The van der Waals surface area contributed by atoms with Gasteiger partial charge in [-0.1, -0.05) is 29.8 Å². The highest BCUT2D eigenvalue weighted by atomic mass is 35.5. The number of amides is 1. The lowest BCUT2D eigenvalue weighted by atomic mass is 10.2. The van der Waals surface area contributed by atoms with Crippen molar-refractivity contribution in [3.05, 3.63) is 53.1 Å². The predicted octanol–water partition coefficient (Wildman–Crippen LogP) is 3.65. The van der Waals surface area contributed by atoms with Crippen LogP contribution >= 0.6 is 11.6 Å². The summed E-state index contributed by atoms with van der Waals surface area (Å²) in [6.07, 6.45) is 3.30. The molecule has 0 radical (unpaired) electrons. The highest BCUT2D eigenvalue weighted by Crippen LogP contribution is 2.32. The quantitative estimate of drug-likeness (QED) is 0.772. The lowest BCUT2D eigenvalue weighted by Gasteiger charge is -2.25. The highest BCUT2D eigenvalue weighted by molar-refractivity contribution is 7.92. The first kappa shape index (κ1) is 20.5. The molecule has 150 valence electrons. The van der Waals surface area contributed by atoms with Crippen LogP contribution in [0.4, 0.5) is 17.1 Å². The Morgan fingerprint density at radius 2 is 1.86 bits per heavy atom. The molecule has 0 aromatic heterocycles. The molecule has 2 aromatic rings. The summed E-state index contributed by atoms with van der Waals surface area (Å²) in [7, 11) is -3.63. The summed E-state index contributed by atoms with van der Waals surface area (Å²) in [5.74, 6) is -0.420. The van der Waals surface area contributed by atoms with Crippen molar-refractivity contribution in [2.75, 3.05) is 40.4 Å². The van der Waals surface area contributed by atoms with E-state index in [1.54, 1.807) is 24.3 Å². The van der Waals surface area contributed by atoms with E-state index >= 15 is 0 Å². The number of halogens is 1. The molecule has 0 aliphatic carbocycles. The van der Waals surface area contributed by atoms with Gasteiger partial charge in [0, 0.05) is 18.1 Å². The molecule has 1 saturated heterocycles. The molecule has 28 heavy (non-hydrogen) atoms. The first-order valence-corrected chi connectivity index (χ1v) is 11.4. The number of hydrogen-bond acceptors (Lipinski definition) is 4. The molecule has 6 nitrogen and oxygen atoms in total. The largest absolute Gasteiger partial charge is 0.370 e. The van der Waals surface area contributed by atoms with Gasteiger partial charge in [-0.3, -0.25) is 9.10 Å². The van der Waals surface area contributed by atoms with Gasteiger partial charge in [-0.25, -0.2) is 8.42 Å². The van der Waals surface area contributed by atoms with Crippen LogP contribution in [0.2, 0.25) is 5.02 Å². The Kier molecular flexibility index (Phi) is 6.15. The Hall–Kier alpha value is -2.25. The van der Waals surface area contributed by atoms with Gasteiger partial charge in [-0.05, 0) is 49.6 Å². The maximum Gasteiger partial charge on any atom is 0.245 e. The Morgan fingerprint density at radius 1 is 1.18 bits per heavy atom. The van der Waals surface area contributed by atoms with Crippen LogP contribution in [-0.4, -0.2) is 40.2 Å². The van der Waals surface area contributed by atoms with E-state index in [-0.39, 0.29) is 6.54 Å². The number of nitrogens with one attached hydrogen (secondary N) is 1. The van der Waals surface area contributed by atoms with Gasteiger partial charge in [0.1, 0.15) is 6.54 Å². The second-order valence-corrected chi connectivity index (χ2v) is 9.30. The second-order valence-electron chi connectivity index (χ2n) is 6.96. The van der Waals surface area contributed by atoms with E-state index in [0.717, 1.165) is 47.7 Å². The van der Waals surface area contributed by atoms with Gasteiger partial charge in [0.2, 0.25) is 15.9 Å². The zero-order chi connectivity index (χ0) is 20.3. The van der Waals surface area contributed by atoms with Crippen LogP contribution in [0.1, 0.15) is 18.4 Å². The van der Waals surface area contributed by atoms with Gasteiger partial charge in [0.05, 0.1) is 23.3 Å². The number of hydrogen-bond donors (Lipinski definition) is 1. The molecular formula is C20H24ClN3O3S. The number of anilines is 3. The molecular weight excluding hydrogens is 398 g/mol. The van der Waals surface area contributed by atoms with Crippen molar-refractivity contribution in [2.24, 2.45) is 0 Å². The summed E-state index contributed by atoms with van der Waals surface area (Å²) in [6.45, 7) is 3.34. The topological polar surface area (TPSA) is 69.7 Å². The van der Waals surface area contributed by atoms with Crippen LogP contribution in [0.15, 0.2) is 42.5 Å². The van der Waals surface area contributed by atoms with E-state index in [1.807, 2.05) is 25.1 Å². The van der Waals surface area contributed by atoms with Crippen LogP contribution in [-0.2, 0) is 14.8 Å². The van der Waals surface area contributed by atoms with E-state index in [0.29, 0.717) is 16.4 Å². The molecule has 2 aromatic carbocycles. The minimum absolute atomic E-state index is 0.310. The molecule has 0 saturated carbocycles. The summed E-state index contributed by atoms with van der Waals surface area (Å²) in [5, 5.41) is 3.36. The Balaban J connectivity index is 1.84. The van der Waals surface area contributed by atoms with Crippen molar-refractivity contribution in [2.45, 2.75) is 19.8 Å². The van der Waals surface area contributed by atoms with Gasteiger partial charge >= 0.3 is 0 Å². The fourth-order valence-electron chi connectivity index (χ4n) is 3.39. The molecule has 1 fully saturated rings. The van der Waals surface area contributed by atoms with Crippen molar-refractivity contribution >= 4 is 44.6 Å². The molecule has 8 heteroatoms. The SMILES string of the molecule is Cc1ccccc1N(CC(=O)Nc1cc(Cl)ccc1N1CCCC1)S(C)(=O)=O. The molecule has 0 spiro atoms. The fraction of sp³-hybridized carbons (Fsp3) is 0.350. The monoisotopic (exact) mass is 421 g/mol. The maximum atomic E-state index is 12.8. The molecule has 1 aliphatic heterocycles. The smallest absolute Gasteiger partial charge is 0.245 e. The number of para-hydroxylation sites is 1. The zero-order valence-electron chi connectivity index (χ0n) is 16.0. The predicted molar refractivity (Wildman–Crippen MR) is 115 cm³/mol. The van der Waals surface area contributed by atoms with Crippen molar-refractivity contribution < 1.29 is 13.2 Å². The number of aryl methyl sites for hydroxylation is 1. The first-order valence-electron chi connectivity index (χ1n) is 9.13. The molecule has 0 bridgehead atoms. The fourth-order valence-corrected chi connectivity index (χ4v) is 4.47. The Bertz CT molecular complexity index is 972. The third-order valence-electron chi connectivity index (χ3n) is 4.75. The lowest BCUT2D eigenvalue weighted by Crippen LogP contribution is -2.38. The zero-order valence-corrected chi connectivity index (χ0v) is 17.6. The number of sulfonamides is 1. The highest BCUT2D eigenvalue weighted by Gasteiger charge is 2.23. The summed E-state index contributed by atoms with van der Waals surface area (Å²) in [6, 6.07) is 12.5. The van der Waals surface area contributed by atoms with E-state index < -0.39 is 15.9 Å². The van der Waals surface area contributed by atoms with Crippen LogP contribution in [0.3, 0.4) is 0 Å². The van der Waals surface area contributed by atoms with Gasteiger partial charge in [-0.15, -0.1) is 0 Å². The average molecular weight is 422 g/mol. The van der Waals surface area contributed by atoms with E-state index in [1.165, 1.54) is 0 Å². The number of rotatable bonds is 6. The molecule has 1 aliphatic rings. The number of carbonyl (C=O) groups excluding carboxylic acids is 1. The average Bonchev–Trinajstić information content (AvgIpc) is 3.14. The van der Waals surface area contributed by atoms with Gasteiger partial charge < -0.3 is 10.2 Å². The third kappa shape index (κ3) is 4.77.